The Balaban J connectivity index is 2.15. The molecule has 5 heteroatoms. The molecule has 0 fully saturated rings. The van der Waals surface area contributed by atoms with Crippen LogP contribution in [0.1, 0.15) is 33.3 Å². The average molecular weight is 295 g/mol. The predicted octanol–water partition coefficient (Wildman–Crippen LogP) is 2.31. The molecule has 0 saturated heterocycles. The van der Waals surface area contributed by atoms with Gasteiger partial charge < -0.3 is 24.6 Å². The summed E-state index contributed by atoms with van der Waals surface area (Å²) in [4.78, 5) is 0. The SMILES string of the molecule is CC(CO)COc1cc2c(cc1CNC(C)(C)C)OCO2. The van der Waals surface area contributed by atoms with Crippen LogP contribution < -0.4 is 19.5 Å². The molecule has 1 aromatic rings. The fraction of sp³-hybridized carbons (Fsp3) is 0.625. The molecule has 21 heavy (non-hydrogen) atoms. The average Bonchev–Trinajstić information content (AvgIpc) is 2.87. The standard InChI is InChI=1S/C16H25NO4/c1-11(8-18)9-19-13-6-15-14(20-10-21-15)5-12(13)7-17-16(2,3)4/h5-6,11,17-18H,7-10H2,1-4H3. The van der Waals surface area contributed by atoms with Crippen molar-refractivity contribution in [2.24, 2.45) is 5.92 Å². The summed E-state index contributed by atoms with van der Waals surface area (Å²) >= 11 is 0. The van der Waals surface area contributed by atoms with E-state index in [1.54, 1.807) is 0 Å². The monoisotopic (exact) mass is 295 g/mol. The highest BCUT2D eigenvalue weighted by Gasteiger charge is 2.19. The van der Waals surface area contributed by atoms with Gasteiger partial charge >= 0.3 is 0 Å². The van der Waals surface area contributed by atoms with Crippen LogP contribution in [0.25, 0.3) is 0 Å². The zero-order valence-corrected chi connectivity index (χ0v) is 13.2. The number of aliphatic hydroxyl groups excluding tert-OH is 1. The Labute approximate surface area is 126 Å². The summed E-state index contributed by atoms with van der Waals surface area (Å²) in [5.41, 5.74) is 1.05. The number of ether oxygens (including phenoxy) is 3. The molecule has 0 aliphatic carbocycles. The number of nitrogens with one attached hydrogen (secondary N) is 1. The van der Waals surface area contributed by atoms with Crippen LogP contribution in [0.3, 0.4) is 0 Å². The third-order valence-electron chi connectivity index (χ3n) is 3.20. The second-order valence-electron chi connectivity index (χ2n) is 6.52. The molecule has 1 atom stereocenters. The van der Waals surface area contributed by atoms with E-state index in [2.05, 4.69) is 26.1 Å². The Bertz CT molecular complexity index is 482. The van der Waals surface area contributed by atoms with E-state index in [0.29, 0.717) is 18.9 Å². The van der Waals surface area contributed by atoms with Gasteiger partial charge in [0.15, 0.2) is 11.5 Å². The molecule has 1 heterocycles. The predicted molar refractivity (Wildman–Crippen MR) is 80.9 cm³/mol. The first-order valence-corrected chi connectivity index (χ1v) is 7.30. The van der Waals surface area contributed by atoms with Crippen LogP contribution in [0, 0.1) is 5.92 Å². The van der Waals surface area contributed by atoms with Gasteiger partial charge in [-0.3, -0.25) is 0 Å². The number of rotatable bonds is 6. The summed E-state index contributed by atoms with van der Waals surface area (Å²) in [6.45, 7) is 9.82. The summed E-state index contributed by atoms with van der Waals surface area (Å²) in [7, 11) is 0. The van der Waals surface area contributed by atoms with Crippen molar-refractivity contribution in [3.63, 3.8) is 0 Å². The molecule has 0 bridgehead atoms. The van der Waals surface area contributed by atoms with Crippen LogP contribution in [0.5, 0.6) is 17.2 Å². The van der Waals surface area contributed by atoms with Crippen molar-refractivity contribution >= 4 is 0 Å². The van der Waals surface area contributed by atoms with E-state index in [1.807, 2.05) is 19.1 Å². The third-order valence-corrected chi connectivity index (χ3v) is 3.20. The van der Waals surface area contributed by atoms with Crippen molar-refractivity contribution in [3.8, 4) is 17.2 Å². The van der Waals surface area contributed by atoms with Gasteiger partial charge in [-0.25, -0.2) is 0 Å². The Hall–Kier alpha value is -1.46. The van der Waals surface area contributed by atoms with E-state index in [9.17, 15) is 0 Å². The molecule has 0 amide bonds. The number of hydrogen-bond donors (Lipinski definition) is 2. The highest BCUT2D eigenvalue weighted by molar-refractivity contribution is 5.51. The lowest BCUT2D eigenvalue weighted by molar-refractivity contribution is 0.171. The van der Waals surface area contributed by atoms with Gasteiger partial charge in [0.2, 0.25) is 6.79 Å². The largest absolute Gasteiger partial charge is 0.493 e. The van der Waals surface area contributed by atoms with Crippen LogP contribution >= 0.6 is 0 Å². The van der Waals surface area contributed by atoms with Gasteiger partial charge in [0.1, 0.15) is 5.75 Å². The number of benzene rings is 1. The molecule has 0 radical (unpaired) electrons. The van der Waals surface area contributed by atoms with Gasteiger partial charge in [-0.1, -0.05) is 6.92 Å². The molecule has 2 rings (SSSR count). The van der Waals surface area contributed by atoms with Gasteiger partial charge in [0, 0.05) is 36.2 Å². The lowest BCUT2D eigenvalue weighted by Gasteiger charge is -2.22. The van der Waals surface area contributed by atoms with E-state index < -0.39 is 0 Å². The smallest absolute Gasteiger partial charge is 0.231 e. The second kappa shape index (κ2) is 6.54. The fourth-order valence-electron chi connectivity index (χ4n) is 1.88. The molecule has 1 aliphatic heterocycles. The minimum Gasteiger partial charge on any atom is -0.493 e. The van der Waals surface area contributed by atoms with Gasteiger partial charge in [-0.05, 0) is 26.8 Å². The summed E-state index contributed by atoms with van der Waals surface area (Å²) in [6, 6.07) is 3.83. The fourth-order valence-corrected chi connectivity index (χ4v) is 1.88. The summed E-state index contributed by atoms with van der Waals surface area (Å²) < 4.78 is 16.7. The first kappa shape index (κ1) is 15.9. The zero-order chi connectivity index (χ0) is 15.5. The van der Waals surface area contributed by atoms with Crippen LogP contribution in [-0.4, -0.2) is 30.7 Å². The highest BCUT2D eigenvalue weighted by atomic mass is 16.7. The third kappa shape index (κ3) is 4.51. The minimum atomic E-state index is 0.0199. The van der Waals surface area contributed by atoms with Gasteiger partial charge in [0.05, 0.1) is 6.61 Å². The normalized spacial score (nSPS) is 15.1. The Morgan fingerprint density at radius 1 is 1.29 bits per heavy atom. The molecular formula is C16H25NO4. The van der Waals surface area contributed by atoms with Gasteiger partial charge in [-0.2, -0.15) is 0 Å². The van der Waals surface area contributed by atoms with Crippen molar-refractivity contribution < 1.29 is 19.3 Å². The number of hydrogen-bond acceptors (Lipinski definition) is 5. The van der Waals surface area contributed by atoms with Crippen LogP contribution in [-0.2, 0) is 6.54 Å². The molecule has 1 unspecified atom stereocenters. The lowest BCUT2D eigenvalue weighted by atomic mass is 10.1. The Morgan fingerprint density at radius 3 is 2.57 bits per heavy atom. The lowest BCUT2D eigenvalue weighted by Crippen LogP contribution is -2.35. The maximum atomic E-state index is 9.11. The highest BCUT2D eigenvalue weighted by Crippen LogP contribution is 2.38. The maximum Gasteiger partial charge on any atom is 0.231 e. The summed E-state index contributed by atoms with van der Waals surface area (Å²) in [5, 5.41) is 12.6. The molecule has 2 N–H and O–H groups in total. The van der Waals surface area contributed by atoms with E-state index in [4.69, 9.17) is 19.3 Å². The van der Waals surface area contributed by atoms with Crippen molar-refractivity contribution in [1.82, 2.24) is 5.32 Å². The molecule has 118 valence electrons. The molecule has 1 aromatic carbocycles. The van der Waals surface area contributed by atoms with Crippen molar-refractivity contribution in [2.45, 2.75) is 39.8 Å². The van der Waals surface area contributed by atoms with Crippen LogP contribution in [0.4, 0.5) is 0 Å². The molecule has 0 saturated carbocycles. The maximum absolute atomic E-state index is 9.11. The minimum absolute atomic E-state index is 0.0199. The van der Waals surface area contributed by atoms with E-state index >= 15 is 0 Å². The van der Waals surface area contributed by atoms with E-state index in [0.717, 1.165) is 17.1 Å². The van der Waals surface area contributed by atoms with Crippen molar-refractivity contribution in [1.29, 1.82) is 0 Å². The van der Waals surface area contributed by atoms with Gasteiger partial charge in [0.25, 0.3) is 0 Å². The molecular weight excluding hydrogens is 270 g/mol. The van der Waals surface area contributed by atoms with Crippen LogP contribution in [0.2, 0.25) is 0 Å². The van der Waals surface area contributed by atoms with Crippen molar-refractivity contribution in [3.05, 3.63) is 17.7 Å². The van der Waals surface area contributed by atoms with Crippen LogP contribution in [0.15, 0.2) is 12.1 Å². The second-order valence-corrected chi connectivity index (χ2v) is 6.52. The van der Waals surface area contributed by atoms with Crippen molar-refractivity contribution in [2.75, 3.05) is 20.0 Å². The Kier molecular flexibility index (Phi) is 4.96. The Morgan fingerprint density at radius 2 is 1.95 bits per heavy atom. The number of fused-ring (bicyclic) bond motifs is 1. The molecule has 5 nitrogen and oxygen atoms in total. The first-order chi connectivity index (χ1) is 9.89. The van der Waals surface area contributed by atoms with Gasteiger partial charge in [-0.15, -0.1) is 0 Å². The summed E-state index contributed by atoms with van der Waals surface area (Å²) in [6.07, 6.45) is 0. The van der Waals surface area contributed by atoms with E-state index in [-0.39, 0.29) is 24.9 Å². The molecule has 0 aromatic heterocycles. The quantitative estimate of drug-likeness (QED) is 0.843. The number of aliphatic hydroxyl groups is 1. The molecule has 0 spiro atoms. The topological polar surface area (TPSA) is 60.0 Å². The zero-order valence-electron chi connectivity index (χ0n) is 13.2. The molecule has 1 aliphatic rings. The summed E-state index contributed by atoms with van der Waals surface area (Å²) in [5.74, 6) is 2.33. The first-order valence-electron chi connectivity index (χ1n) is 7.30. The van der Waals surface area contributed by atoms with E-state index in [1.165, 1.54) is 0 Å².